The molecule has 0 aliphatic heterocycles. The number of nitrogens with one attached hydrogen (secondary N) is 3. The summed E-state index contributed by atoms with van der Waals surface area (Å²) in [6, 6.07) is 19.6. The zero-order valence-electron chi connectivity index (χ0n) is 19.1. The van der Waals surface area contributed by atoms with Crippen molar-refractivity contribution >= 4 is 69.1 Å². The normalized spacial score (nSPS) is 12.0. The summed E-state index contributed by atoms with van der Waals surface area (Å²) in [5.74, 6) is -0.945. The van der Waals surface area contributed by atoms with Gasteiger partial charge in [-0.25, -0.2) is 4.98 Å². The molecule has 36 heavy (non-hydrogen) atoms. The van der Waals surface area contributed by atoms with Crippen molar-refractivity contribution < 1.29 is 14.4 Å². The first-order chi connectivity index (χ1) is 17.5. The molecule has 2 aromatic heterocycles. The highest BCUT2D eigenvalue weighted by molar-refractivity contribution is 8.00. The third kappa shape index (κ3) is 7.14. The summed E-state index contributed by atoms with van der Waals surface area (Å²) in [5, 5.41) is 12.3. The zero-order valence-corrected chi connectivity index (χ0v) is 21.6. The molecule has 0 aliphatic rings. The van der Waals surface area contributed by atoms with Crippen LogP contribution in [-0.2, 0) is 9.59 Å². The molecule has 7 nitrogen and oxygen atoms in total. The first-order valence-electron chi connectivity index (χ1n) is 10.9. The zero-order chi connectivity index (χ0) is 25.3. The number of nitrogens with zero attached hydrogens (tertiary/aromatic N) is 1. The van der Waals surface area contributed by atoms with Gasteiger partial charge in [0.2, 0.25) is 5.91 Å². The van der Waals surface area contributed by atoms with Crippen LogP contribution in [0, 0.1) is 0 Å². The third-order valence-electron chi connectivity index (χ3n) is 4.82. The molecule has 10 heteroatoms. The number of hydrogen-bond acceptors (Lipinski definition) is 7. The average molecular weight is 535 g/mol. The molecule has 182 valence electrons. The molecular formula is C26H22N4O3S3. The van der Waals surface area contributed by atoms with E-state index in [1.54, 1.807) is 54.1 Å². The van der Waals surface area contributed by atoms with Crippen molar-refractivity contribution in [3.05, 3.63) is 99.8 Å². The van der Waals surface area contributed by atoms with E-state index in [2.05, 4.69) is 20.9 Å². The molecule has 3 N–H and O–H groups in total. The Labute approximate surface area is 220 Å². The molecule has 0 radical (unpaired) electrons. The van der Waals surface area contributed by atoms with Crippen LogP contribution in [0.15, 0.2) is 94.3 Å². The maximum Gasteiger partial charge on any atom is 0.272 e. The van der Waals surface area contributed by atoms with Crippen LogP contribution < -0.4 is 16.0 Å². The van der Waals surface area contributed by atoms with Crippen LogP contribution >= 0.6 is 34.4 Å². The molecule has 4 aromatic rings. The number of amides is 3. The lowest BCUT2D eigenvalue weighted by atomic mass is 10.2. The summed E-state index contributed by atoms with van der Waals surface area (Å²) in [6.45, 7) is 1.82. The minimum atomic E-state index is -0.440. The van der Waals surface area contributed by atoms with Gasteiger partial charge >= 0.3 is 0 Å². The Hall–Kier alpha value is -3.73. The van der Waals surface area contributed by atoms with E-state index in [0.717, 1.165) is 9.77 Å². The van der Waals surface area contributed by atoms with Crippen molar-refractivity contribution in [2.24, 2.45) is 0 Å². The number of carbonyl (C=O) groups is 3. The first-order valence-corrected chi connectivity index (χ1v) is 13.5. The molecule has 4 rings (SSSR count). The van der Waals surface area contributed by atoms with Gasteiger partial charge in [-0.3, -0.25) is 14.4 Å². The van der Waals surface area contributed by atoms with Crippen LogP contribution in [0.25, 0.3) is 6.08 Å². The van der Waals surface area contributed by atoms with E-state index in [9.17, 15) is 14.4 Å². The second kappa shape index (κ2) is 12.3. The Morgan fingerprint density at radius 3 is 2.36 bits per heavy atom. The molecule has 0 saturated carbocycles. The Morgan fingerprint density at radius 2 is 1.69 bits per heavy atom. The van der Waals surface area contributed by atoms with Gasteiger partial charge in [0, 0.05) is 32.6 Å². The van der Waals surface area contributed by atoms with Crippen molar-refractivity contribution in [3.63, 3.8) is 0 Å². The van der Waals surface area contributed by atoms with Gasteiger partial charge in [0.15, 0.2) is 5.13 Å². The van der Waals surface area contributed by atoms with Crippen molar-refractivity contribution in [2.75, 3.05) is 10.6 Å². The average Bonchev–Trinajstić information content (AvgIpc) is 3.60. The Bertz CT molecular complexity index is 1340. The molecular weight excluding hydrogens is 513 g/mol. The maximum absolute atomic E-state index is 13.1. The number of benzene rings is 2. The van der Waals surface area contributed by atoms with Crippen molar-refractivity contribution in [1.29, 1.82) is 0 Å². The number of carbonyl (C=O) groups excluding carboxylic acids is 3. The van der Waals surface area contributed by atoms with E-state index in [1.807, 2.05) is 42.6 Å². The maximum atomic E-state index is 13.1. The molecule has 0 saturated heterocycles. The summed E-state index contributed by atoms with van der Waals surface area (Å²) in [6.07, 6.45) is 3.28. The Balaban J connectivity index is 1.40. The lowest BCUT2D eigenvalue weighted by Crippen LogP contribution is -2.30. The summed E-state index contributed by atoms with van der Waals surface area (Å²) < 4.78 is 0. The predicted octanol–water partition coefficient (Wildman–Crippen LogP) is 5.73. The molecule has 3 amide bonds. The number of thiazole rings is 1. The number of thioether (sulfide) groups is 1. The Kier molecular flexibility index (Phi) is 8.66. The minimum Gasteiger partial charge on any atom is -0.321 e. The van der Waals surface area contributed by atoms with Crippen molar-refractivity contribution in [2.45, 2.75) is 17.1 Å². The number of aromatic nitrogens is 1. The van der Waals surface area contributed by atoms with Gasteiger partial charge in [-0.1, -0.05) is 24.3 Å². The van der Waals surface area contributed by atoms with E-state index >= 15 is 0 Å². The lowest BCUT2D eigenvalue weighted by molar-refractivity contribution is -0.115. The molecule has 0 bridgehead atoms. The number of hydrogen-bond donors (Lipinski definition) is 3. The molecule has 0 spiro atoms. The number of anilines is 2. The minimum absolute atomic E-state index is 0.134. The summed E-state index contributed by atoms with van der Waals surface area (Å²) in [7, 11) is 0. The van der Waals surface area contributed by atoms with E-state index in [0.29, 0.717) is 16.4 Å². The third-order valence-corrected chi connectivity index (χ3v) is 7.44. The van der Waals surface area contributed by atoms with Gasteiger partial charge in [-0.15, -0.1) is 34.4 Å². The quantitative estimate of drug-likeness (QED) is 0.188. The van der Waals surface area contributed by atoms with Crippen LogP contribution in [0.3, 0.4) is 0 Å². The standard InChI is InChI=1S/C26H22N4O3S3/c1-17(23(31)30-26-27-13-15-35-26)36-20-11-9-19(10-12-20)28-25(33)22(16-21-8-5-14-34-21)29-24(32)18-6-3-2-4-7-18/h2-17H,1H3,(H,28,33)(H,29,32)(H,27,30,31)/b22-16-. The van der Waals surface area contributed by atoms with Gasteiger partial charge in [0.1, 0.15) is 5.70 Å². The molecule has 1 unspecified atom stereocenters. The monoisotopic (exact) mass is 534 g/mol. The highest BCUT2D eigenvalue weighted by atomic mass is 32.2. The highest BCUT2D eigenvalue weighted by Gasteiger charge is 2.17. The lowest BCUT2D eigenvalue weighted by Gasteiger charge is -2.13. The summed E-state index contributed by atoms with van der Waals surface area (Å²) in [4.78, 5) is 43.9. The predicted molar refractivity (Wildman–Crippen MR) is 147 cm³/mol. The van der Waals surface area contributed by atoms with E-state index in [-0.39, 0.29) is 22.8 Å². The first kappa shape index (κ1) is 25.4. The summed E-state index contributed by atoms with van der Waals surface area (Å²) >= 11 is 4.23. The topological polar surface area (TPSA) is 100 Å². The van der Waals surface area contributed by atoms with Crippen LogP contribution in [0.4, 0.5) is 10.8 Å². The highest BCUT2D eigenvalue weighted by Crippen LogP contribution is 2.26. The van der Waals surface area contributed by atoms with E-state index in [1.165, 1.54) is 34.4 Å². The fourth-order valence-corrected chi connectivity index (χ4v) is 5.08. The SMILES string of the molecule is CC(Sc1ccc(NC(=O)/C(=C/c2cccs2)NC(=O)c2ccccc2)cc1)C(=O)Nc1nccs1. The number of thiophene rings is 1. The molecule has 0 aliphatic carbocycles. The van der Waals surface area contributed by atoms with Gasteiger partial charge in [0.25, 0.3) is 11.8 Å². The second-order valence-electron chi connectivity index (χ2n) is 7.46. The fourth-order valence-electron chi connectivity index (χ4n) is 3.02. The fraction of sp³-hybridized carbons (Fsp3) is 0.0769. The van der Waals surface area contributed by atoms with Crippen LogP contribution in [0.5, 0.6) is 0 Å². The van der Waals surface area contributed by atoms with Crippen LogP contribution in [0.1, 0.15) is 22.2 Å². The van der Waals surface area contributed by atoms with Crippen LogP contribution in [0.2, 0.25) is 0 Å². The molecule has 2 heterocycles. The smallest absolute Gasteiger partial charge is 0.272 e. The largest absolute Gasteiger partial charge is 0.321 e. The van der Waals surface area contributed by atoms with Crippen molar-refractivity contribution in [1.82, 2.24) is 10.3 Å². The van der Waals surface area contributed by atoms with Crippen LogP contribution in [-0.4, -0.2) is 28.0 Å². The molecule has 2 aromatic carbocycles. The van der Waals surface area contributed by atoms with Gasteiger partial charge in [-0.05, 0) is 60.8 Å². The molecule has 1 atom stereocenters. The van der Waals surface area contributed by atoms with Crippen molar-refractivity contribution in [3.8, 4) is 0 Å². The van der Waals surface area contributed by atoms with E-state index in [4.69, 9.17) is 0 Å². The summed E-state index contributed by atoms with van der Waals surface area (Å²) in [5.41, 5.74) is 1.16. The Morgan fingerprint density at radius 1 is 0.917 bits per heavy atom. The number of rotatable bonds is 9. The molecule has 0 fully saturated rings. The van der Waals surface area contributed by atoms with Gasteiger partial charge in [-0.2, -0.15) is 0 Å². The van der Waals surface area contributed by atoms with Gasteiger partial charge in [0.05, 0.1) is 5.25 Å². The second-order valence-corrected chi connectivity index (χ2v) is 10.7. The van der Waals surface area contributed by atoms with Gasteiger partial charge < -0.3 is 16.0 Å². The van der Waals surface area contributed by atoms with E-state index < -0.39 is 5.91 Å².